The van der Waals surface area contributed by atoms with E-state index in [1.807, 2.05) is 63.7 Å². The van der Waals surface area contributed by atoms with Gasteiger partial charge in [0.15, 0.2) is 5.82 Å². The first-order valence-corrected chi connectivity index (χ1v) is 8.45. The van der Waals surface area contributed by atoms with Gasteiger partial charge in [-0.3, -0.25) is 9.48 Å². The molecule has 0 radical (unpaired) electrons. The molecule has 128 valence electrons. The molecule has 0 fully saturated rings. The minimum Gasteiger partial charge on any atom is -0.329 e. The van der Waals surface area contributed by atoms with Crippen LogP contribution in [-0.2, 0) is 30.8 Å². The Labute approximate surface area is 145 Å². The Morgan fingerprint density at radius 1 is 1.16 bits per heavy atom. The van der Waals surface area contributed by atoms with E-state index in [2.05, 4.69) is 15.3 Å². The molecule has 1 atom stereocenters. The fourth-order valence-corrected chi connectivity index (χ4v) is 3.29. The fraction of sp³-hybridized carbons (Fsp3) is 0.333. The second kappa shape index (κ2) is 6.51. The number of fused-ring (bicyclic) bond motifs is 1. The van der Waals surface area contributed by atoms with Crippen molar-refractivity contribution in [1.82, 2.24) is 29.4 Å². The van der Waals surface area contributed by atoms with Crippen molar-refractivity contribution >= 4 is 5.91 Å². The van der Waals surface area contributed by atoms with E-state index in [4.69, 9.17) is 0 Å². The molecule has 0 N–H and O–H groups in total. The quantitative estimate of drug-likeness (QED) is 0.713. The Morgan fingerprint density at radius 3 is 2.76 bits per heavy atom. The summed E-state index contributed by atoms with van der Waals surface area (Å²) in [6, 6.07) is 11.6. The molecule has 1 aliphatic heterocycles. The van der Waals surface area contributed by atoms with Crippen LogP contribution >= 0.6 is 0 Å². The van der Waals surface area contributed by atoms with Gasteiger partial charge in [-0.05, 0) is 18.6 Å². The summed E-state index contributed by atoms with van der Waals surface area (Å²) < 4.78 is 3.84. The number of aryl methyl sites for hydroxylation is 2. The maximum atomic E-state index is 12.8. The maximum absolute atomic E-state index is 12.8. The predicted molar refractivity (Wildman–Crippen MR) is 91.4 cm³/mol. The molecule has 0 bridgehead atoms. The monoisotopic (exact) mass is 336 g/mol. The van der Waals surface area contributed by atoms with E-state index in [0.29, 0.717) is 19.5 Å². The summed E-state index contributed by atoms with van der Waals surface area (Å²) in [4.78, 5) is 14.7. The van der Waals surface area contributed by atoms with Crippen LogP contribution in [0.5, 0.6) is 0 Å². The van der Waals surface area contributed by atoms with Gasteiger partial charge in [0.1, 0.15) is 11.9 Å². The van der Waals surface area contributed by atoms with Gasteiger partial charge in [0, 0.05) is 31.9 Å². The third-order valence-corrected chi connectivity index (χ3v) is 4.57. The summed E-state index contributed by atoms with van der Waals surface area (Å²) in [5, 5.41) is 12.8. The number of hydrogen-bond acceptors (Lipinski definition) is 4. The molecular formula is C18H20N6O. The highest BCUT2D eigenvalue weighted by molar-refractivity contribution is 5.81. The average Bonchev–Trinajstić information content (AvgIpc) is 3.28. The highest BCUT2D eigenvalue weighted by atomic mass is 16.2. The van der Waals surface area contributed by atoms with Crippen LogP contribution in [0.15, 0.2) is 48.8 Å². The summed E-state index contributed by atoms with van der Waals surface area (Å²) >= 11 is 0. The molecule has 3 heterocycles. The summed E-state index contributed by atoms with van der Waals surface area (Å²) in [5.41, 5.74) is 1.12. The molecule has 3 aromatic rings. The van der Waals surface area contributed by atoms with Crippen molar-refractivity contribution in [2.75, 3.05) is 0 Å². The number of rotatable bonds is 5. The van der Waals surface area contributed by atoms with E-state index in [9.17, 15) is 4.79 Å². The lowest BCUT2D eigenvalue weighted by Crippen LogP contribution is -2.41. The first kappa shape index (κ1) is 15.6. The normalized spacial score (nSPS) is 16.9. The van der Waals surface area contributed by atoms with Crippen LogP contribution in [0, 0.1) is 0 Å². The van der Waals surface area contributed by atoms with Gasteiger partial charge in [-0.2, -0.15) is 5.10 Å². The molecule has 2 aromatic heterocycles. The highest BCUT2D eigenvalue weighted by Crippen LogP contribution is 2.24. The number of hydrogen-bond donors (Lipinski definition) is 0. The van der Waals surface area contributed by atoms with Crippen molar-refractivity contribution in [3.8, 4) is 0 Å². The molecule has 1 aliphatic rings. The SMILES string of the molecule is C[C@@H]1C(=O)N(Cc2ccccc2)Cc2nnc(CCn3cccn3)n21. The van der Waals surface area contributed by atoms with Gasteiger partial charge in [0.25, 0.3) is 0 Å². The van der Waals surface area contributed by atoms with Crippen LogP contribution in [0.2, 0.25) is 0 Å². The Morgan fingerprint density at radius 2 is 2.00 bits per heavy atom. The third kappa shape index (κ3) is 3.05. The van der Waals surface area contributed by atoms with Crippen LogP contribution in [0.3, 0.4) is 0 Å². The number of amides is 1. The topological polar surface area (TPSA) is 68.8 Å². The molecule has 7 nitrogen and oxygen atoms in total. The van der Waals surface area contributed by atoms with Crippen LogP contribution in [-0.4, -0.2) is 35.4 Å². The summed E-state index contributed by atoms with van der Waals surface area (Å²) in [6.45, 7) is 3.73. The van der Waals surface area contributed by atoms with E-state index < -0.39 is 0 Å². The van der Waals surface area contributed by atoms with E-state index >= 15 is 0 Å². The average molecular weight is 336 g/mol. The lowest BCUT2D eigenvalue weighted by atomic mass is 10.1. The molecule has 0 unspecified atom stereocenters. The Bertz CT molecular complexity index is 855. The van der Waals surface area contributed by atoms with Crippen molar-refractivity contribution in [2.45, 2.75) is 39.0 Å². The van der Waals surface area contributed by atoms with E-state index in [0.717, 1.165) is 23.8 Å². The predicted octanol–water partition coefficient (Wildman–Crippen LogP) is 1.82. The standard InChI is InChI=1S/C18H20N6O/c1-14-18(25)22(12-15-6-3-2-4-7-15)13-17-21-20-16(24(14)17)8-11-23-10-5-9-19-23/h2-7,9-10,14H,8,11-13H2,1H3/t14-/m1/s1. The maximum Gasteiger partial charge on any atom is 0.246 e. The molecular weight excluding hydrogens is 316 g/mol. The van der Waals surface area contributed by atoms with E-state index in [1.165, 1.54) is 0 Å². The van der Waals surface area contributed by atoms with Crippen LogP contribution in [0.1, 0.15) is 30.2 Å². The Kier molecular flexibility index (Phi) is 4.05. The molecule has 7 heteroatoms. The van der Waals surface area contributed by atoms with Gasteiger partial charge in [0.05, 0.1) is 6.54 Å². The molecule has 4 rings (SSSR count). The second-order valence-corrected chi connectivity index (χ2v) is 6.28. The number of nitrogens with zero attached hydrogens (tertiary/aromatic N) is 6. The highest BCUT2D eigenvalue weighted by Gasteiger charge is 2.32. The van der Waals surface area contributed by atoms with Gasteiger partial charge >= 0.3 is 0 Å². The number of carbonyl (C=O) groups excluding carboxylic acids is 1. The largest absolute Gasteiger partial charge is 0.329 e. The Hall–Kier alpha value is -2.96. The van der Waals surface area contributed by atoms with Gasteiger partial charge in [-0.25, -0.2) is 0 Å². The molecule has 1 amide bonds. The lowest BCUT2D eigenvalue weighted by molar-refractivity contribution is -0.137. The van der Waals surface area contributed by atoms with Gasteiger partial charge < -0.3 is 9.47 Å². The van der Waals surface area contributed by atoms with Crippen molar-refractivity contribution in [1.29, 1.82) is 0 Å². The van der Waals surface area contributed by atoms with Crippen LogP contribution < -0.4 is 0 Å². The fourth-order valence-electron chi connectivity index (χ4n) is 3.29. The van der Waals surface area contributed by atoms with Crippen molar-refractivity contribution in [2.24, 2.45) is 0 Å². The first-order chi connectivity index (χ1) is 12.2. The second-order valence-electron chi connectivity index (χ2n) is 6.28. The Balaban J connectivity index is 1.52. The van der Waals surface area contributed by atoms with Crippen LogP contribution in [0.4, 0.5) is 0 Å². The van der Waals surface area contributed by atoms with Gasteiger partial charge in [0.2, 0.25) is 5.91 Å². The molecule has 1 aromatic carbocycles. The van der Waals surface area contributed by atoms with Gasteiger partial charge in [-0.15, -0.1) is 10.2 Å². The summed E-state index contributed by atoms with van der Waals surface area (Å²) in [5.74, 6) is 1.79. The van der Waals surface area contributed by atoms with Gasteiger partial charge in [-0.1, -0.05) is 30.3 Å². The number of aromatic nitrogens is 5. The van der Waals surface area contributed by atoms with Crippen molar-refractivity contribution < 1.29 is 4.79 Å². The summed E-state index contributed by atoms with van der Waals surface area (Å²) in [6.07, 6.45) is 4.38. The van der Waals surface area contributed by atoms with Crippen molar-refractivity contribution in [3.05, 3.63) is 66.0 Å². The van der Waals surface area contributed by atoms with Crippen molar-refractivity contribution in [3.63, 3.8) is 0 Å². The molecule has 0 saturated heterocycles. The smallest absolute Gasteiger partial charge is 0.246 e. The summed E-state index contributed by atoms with van der Waals surface area (Å²) in [7, 11) is 0. The zero-order chi connectivity index (χ0) is 17.2. The number of benzene rings is 1. The molecule has 0 saturated carbocycles. The molecule has 0 aliphatic carbocycles. The number of carbonyl (C=O) groups is 1. The zero-order valence-corrected chi connectivity index (χ0v) is 14.1. The zero-order valence-electron chi connectivity index (χ0n) is 14.1. The molecule has 0 spiro atoms. The molecule has 25 heavy (non-hydrogen) atoms. The minimum absolute atomic E-state index is 0.108. The minimum atomic E-state index is -0.282. The third-order valence-electron chi connectivity index (χ3n) is 4.57. The van der Waals surface area contributed by atoms with E-state index in [-0.39, 0.29) is 11.9 Å². The first-order valence-electron chi connectivity index (χ1n) is 8.45. The van der Waals surface area contributed by atoms with Crippen LogP contribution in [0.25, 0.3) is 0 Å². The lowest BCUT2D eigenvalue weighted by Gasteiger charge is -2.32. The van der Waals surface area contributed by atoms with E-state index in [1.54, 1.807) is 6.20 Å².